The Morgan fingerprint density at radius 3 is 2.83 bits per heavy atom. The number of aliphatic imine (C=N–C) groups is 1. The van der Waals surface area contributed by atoms with Crippen LogP contribution in [0, 0.1) is 6.92 Å². The van der Waals surface area contributed by atoms with Crippen LogP contribution in [0.5, 0.6) is 0 Å². The summed E-state index contributed by atoms with van der Waals surface area (Å²) in [7, 11) is -1.27. The maximum Gasteiger partial charge on any atom is 0.222 e. The van der Waals surface area contributed by atoms with E-state index in [-0.39, 0.29) is 36.0 Å². The van der Waals surface area contributed by atoms with Gasteiger partial charge >= 0.3 is 0 Å². The average molecular weight is 423 g/mol. The van der Waals surface area contributed by atoms with Gasteiger partial charge in [-0.1, -0.05) is 24.3 Å². The first-order valence-electron chi connectivity index (χ1n) is 10.0. The molecule has 0 saturated carbocycles. The number of hydrogen-bond donors (Lipinski definition) is 2. The second kappa shape index (κ2) is 9.58. The summed E-state index contributed by atoms with van der Waals surface area (Å²) in [5.74, 6) is 0.794. The van der Waals surface area contributed by atoms with Crippen LogP contribution in [0.4, 0.5) is 0 Å². The average Bonchev–Trinajstić information content (AvgIpc) is 3.04. The zero-order valence-corrected chi connectivity index (χ0v) is 17.9. The fourth-order valence-electron chi connectivity index (χ4n) is 3.81. The molecule has 1 aromatic rings. The third kappa shape index (κ3) is 5.93. The van der Waals surface area contributed by atoms with Crippen LogP contribution in [0.2, 0.25) is 0 Å². The third-order valence-corrected chi connectivity index (χ3v) is 7.11. The summed E-state index contributed by atoms with van der Waals surface area (Å²) in [5.41, 5.74) is 2.38. The number of nitrogens with zero attached hydrogens (tertiary/aromatic N) is 2. The number of amides is 1. The Morgan fingerprint density at radius 1 is 1.34 bits per heavy atom. The van der Waals surface area contributed by atoms with Gasteiger partial charge in [-0.3, -0.25) is 9.79 Å². The van der Waals surface area contributed by atoms with E-state index in [4.69, 9.17) is 4.74 Å². The molecular formula is C20H30N4O4S. The summed E-state index contributed by atoms with van der Waals surface area (Å²) >= 11 is 0. The molecule has 2 atom stereocenters. The van der Waals surface area contributed by atoms with E-state index in [2.05, 4.69) is 39.6 Å². The molecule has 0 aliphatic carbocycles. The van der Waals surface area contributed by atoms with E-state index < -0.39 is 9.84 Å². The van der Waals surface area contributed by atoms with E-state index in [9.17, 15) is 13.2 Å². The maximum atomic E-state index is 12.1. The molecule has 2 saturated heterocycles. The summed E-state index contributed by atoms with van der Waals surface area (Å²) in [6.07, 6.45) is 0.745. The summed E-state index contributed by atoms with van der Waals surface area (Å²) in [5, 5.41) is 6.05. The van der Waals surface area contributed by atoms with Gasteiger partial charge in [0.15, 0.2) is 15.8 Å². The molecule has 2 fully saturated rings. The van der Waals surface area contributed by atoms with Gasteiger partial charge in [0.2, 0.25) is 5.91 Å². The predicted molar refractivity (Wildman–Crippen MR) is 113 cm³/mol. The van der Waals surface area contributed by atoms with Crippen LogP contribution in [0.25, 0.3) is 0 Å². The van der Waals surface area contributed by atoms with Gasteiger partial charge in [0.05, 0.1) is 24.7 Å². The molecule has 3 rings (SSSR count). The molecule has 1 aromatic carbocycles. The van der Waals surface area contributed by atoms with Crippen molar-refractivity contribution in [2.24, 2.45) is 4.99 Å². The molecule has 2 unspecified atom stereocenters. The normalized spacial score (nSPS) is 24.3. The molecule has 29 heavy (non-hydrogen) atoms. The fourth-order valence-corrected chi connectivity index (χ4v) is 5.48. The third-order valence-electron chi connectivity index (χ3n) is 5.35. The Labute approximate surface area is 172 Å². The number of guanidine groups is 1. The number of rotatable bonds is 5. The number of nitrogens with one attached hydrogen (secondary N) is 2. The minimum absolute atomic E-state index is 0.0175. The summed E-state index contributed by atoms with van der Waals surface area (Å²) in [6.45, 7) is 4.55. The minimum Gasteiger partial charge on any atom is -0.370 e. The highest BCUT2D eigenvalue weighted by atomic mass is 32.2. The van der Waals surface area contributed by atoms with Gasteiger partial charge in [0.1, 0.15) is 6.10 Å². The number of ether oxygens (including phenoxy) is 1. The Hall–Kier alpha value is -2.13. The molecule has 9 heteroatoms. The van der Waals surface area contributed by atoms with Crippen molar-refractivity contribution in [2.45, 2.75) is 31.9 Å². The molecule has 0 aromatic heterocycles. The standard InChI is InChI=1S/C20H30N4O4S/c1-15-5-3-4-6-17(15)18-13-24(10-11-28-18)20(21-2)22-9-7-19(25)23-16-8-12-29(26,27)14-16/h3-6,16,18H,7-14H2,1-2H3,(H,21,22)(H,23,25). The van der Waals surface area contributed by atoms with Crippen LogP contribution in [-0.4, -0.2) is 76.0 Å². The number of aryl methyl sites for hydroxylation is 1. The lowest BCUT2D eigenvalue weighted by Crippen LogP contribution is -2.49. The number of benzene rings is 1. The van der Waals surface area contributed by atoms with Crippen molar-refractivity contribution in [1.29, 1.82) is 0 Å². The van der Waals surface area contributed by atoms with Crippen molar-refractivity contribution < 1.29 is 17.9 Å². The van der Waals surface area contributed by atoms with Crippen LogP contribution < -0.4 is 10.6 Å². The van der Waals surface area contributed by atoms with E-state index in [1.54, 1.807) is 7.05 Å². The van der Waals surface area contributed by atoms with Gasteiger partial charge < -0.3 is 20.3 Å². The van der Waals surface area contributed by atoms with E-state index in [1.165, 1.54) is 11.1 Å². The molecule has 1 amide bonds. The first-order chi connectivity index (χ1) is 13.9. The number of morpholine rings is 1. The molecule has 160 valence electrons. The Kier molecular flexibility index (Phi) is 7.13. The van der Waals surface area contributed by atoms with Crippen molar-refractivity contribution >= 4 is 21.7 Å². The van der Waals surface area contributed by atoms with E-state index >= 15 is 0 Å². The van der Waals surface area contributed by atoms with Crippen molar-refractivity contribution in [3.05, 3.63) is 35.4 Å². The quantitative estimate of drug-likeness (QED) is 0.534. The summed E-state index contributed by atoms with van der Waals surface area (Å²) in [4.78, 5) is 18.6. The zero-order valence-electron chi connectivity index (χ0n) is 17.1. The second-order valence-corrected chi connectivity index (χ2v) is 9.78. The first kappa shape index (κ1) is 21.6. The summed E-state index contributed by atoms with van der Waals surface area (Å²) < 4.78 is 29.0. The second-order valence-electron chi connectivity index (χ2n) is 7.55. The van der Waals surface area contributed by atoms with Gasteiger partial charge in [-0.05, 0) is 24.5 Å². The SMILES string of the molecule is CN=C(NCCC(=O)NC1CCS(=O)(=O)C1)N1CCOC(c2ccccc2C)C1. The number of carbonyl (C=O) groups excluding carboxylic acids is 1. The molecular weight excluding hydrogens is 392 g/mol. The molecule has 2 heterocycles. The Bertz CT molecular complexity index is 856. The van der Waals surface area contributed by atoms with Crippen LogP contribution in [0.3, 0.4) is 0 Å². The van der Waals surface area contributed by atoms with Crippen molar-refractivity contribution in [1.82, 2.24) is 15.5 Å². The fraction of sp³-hybridized carbons (Fsp3) is 0.600. The highest BCUT2D eigenvalue weighted by molar-refractivity contribution is 7.91. The summed E-state index contributed by atoms with van der Waals surface area (Å²) in [6, 6.07) is 7.95. The number of hydrogen-bond acceptors (Lipinski definition) is 5. The smallest absolute Gasteiger partial charge is 0.222 e. The number of carbonyl (C=O) groups is 1. The Morgan fingerprint density at radius 2 is 2.14 bits per heavy atom. The van der Waals surface area contributed by atoms with Crippen LogP contribution in [0.15, 0.2) is 29.3 Å². The molecule has 0 radical (unpaired) electrons. The highest BCUT2D eigenvalue weighted by Crippen LogP contribution is 2.24. The number of sulfone groups is 1. The molecule has 2 N–H and O–H groups in total. The van der Waals surface area contributed by atoms with Crippen LogP contribution in [-0.2, 0) is 19.4 Å². The predicted octanol–water partition coefficient (Wildman–Crippen LogP) is 0.637. The lowest BCUT2D eigenvalue weighted by molar-refractivity contribution is -0.121. The molecule has 2 aliphatic rings. The van der Waals surface area contributed by atoms with Crippen LogP contribution >= 0.6 is 0 Å². The van der Waals surface area contributed by atoms with Gasteiger partial charge in [-0.15, -0.1) is 0 Å². The highest BCUT2D eigenvalue weighted by Gasteiger charge is 2.29. The van der Waals surface area contributed by atoms with E-state index in [0.717, 1.165) is 12.5 Å². The first-order valence-corrected chi connectivity index (χ1v) is 11.8. The molecule has 0 bridgehead atoms. The van der Waals surface area contributed by atoms with Crippen LogP contribution in [0.1, 0.15) is 30.1 Å². The van der Waals surface area contributed by atoms with Crippen molar-refractivity contribution in [2.75, 3.05) is 44.8 Å². The molecule has 0 spiro atoms. The largest absolute Gasteiger partial charge is 0.370 e. The van der Waals surface area contributed by atoms with Crippen molar-refractivity contribution in [3.63, 3.8) is 0 Å². The molecule has 8 nitrogen and oxygen atoms in total. The lowest BCUT2D eigenvalue weighted by atomic mass is 10.0. The maximum absolute atomic E-state index is 12.1. The van der Waals surface area contributed by atoms with Gasteiger partial charge in [0, 0.05) is 32.6 Å². The lowest BCUT2D eigenvalue weighted by Gasteiger charge is -2.35. The van der Waals surface area contributed by atoms with E-state index in [0.29, 0.717) is 26.1 Å². The van der Waals surface area contributed by atoms with Gasteiger partial charge in [0.25, 0.3) is 0 Å². The molecule has 2 aliphatic heterocycles. The zero-order chi connectivity index (χ0) is 20.9. The Balaban J connectivity index is 1.47. The van der Waals surface area contributed by atoms with Gasteiger partial charge in [-0.2, -0.15) is 0 Å². The monoisotopic (exact) mass is 422 g/mol. The van der Waals surface area contributed by atoms with E-state index in [1.807, 2.05) is 12.1 Å². The van der Waals surface area contributed by atoms with Crippen molar-refractivity contribution in [3.8, 4) is 0 Å². The minimum atomic E-state index is -2.99. The van der Waals surface area contributed by atoms with Gasteiger partial charge in [-0.25, -0.2) is 8.42 Å². The topological polar surface area (TPSA) is 100 Å².